The zero-order valence-electron chi connectivity index (χ0n) is 44.2. The Morgan fingerprint density at radius 1 is 0.303 bits per heavy atom. The van der Waals surface area contributed by atoms with Crippen LogP contribution in [0.25, 0.3) is 0 Å². The zero-order chi connectivity index (χ0) is 47.9. The highest BCUT2D eigenvalue weighted by molar-refractivity contribution is 5.71. The fourth-order valence-electron chi connectivity index (χ4n) is 8.47. The minimum Gasteiger partial charge on any atom is -0.462 e. The number of unbranched alkanes of at least 4 members (excludes halogenated alkanes) is 36. The van der Waals surface area contributed by atoms with Crippen molar-refractivity contribution in [2.75, 3.05) is 13.2 Å². The van der Waals surface area contributed by atoms with Crippen LogP contribution in [0.2, 0.25) is 0 Å². The molecule has 0 radical (unpaired) electrons. The maximum absolute atomic E-state index is 12.7. The number of ether oxygens (including phenoxy) is 3. The SMILES string of the molecule is CCCCC/C=C\CCCCCCCC(=O)OC(COC(=O)CCCCCCCCC)COC(=O)CCCCCCCCCCCCCCCCCCC/C=C\C/C=C\CCCCCCC. The number of carbonyl (C=O) groups excluding carboxylic acids is 3. The van der Waals surface area contributed by atoms with Crippen LogP contribution in [0.3, 0.4) is 0 Å². The third kappa shape index (κ3) is 52.6. The number of allylic oxidation sites excluding steroid dienone is 6. The molecule has 0 amide bonds. The lowest BCUT2D eigenvalue weighted by molar-refractivity contribution is -0.167. The predicted octanol–water partition coefficient (Wildman–Crippen LogP) is 19.3. The molecule has 0 aromatic carbocycles. The van der Waals surface area contributed by atoms with Gasteiger partial charge in [-0.1, -0.05) is 250 Å². The molecule has 0 fully saturated rings. The van der Waals surface area contributed by atoms with Crippen molar-refractivity contribution in [3.8, 4) is 0 Å². The highest BCUT2D eigenvalue weighted by Gasteiger charge is 2.19. The van der Waals surface area contributed by atoms with Gasteiger partial charge in [0.2, 0.25) is 0 Å². The van der Waals surface area contributed by atoms with E-state index >= 15 is 0 Å². The van der Waals surface area contributed by atoms with Gasteiger partial charge in [0.05, 0.1) is 0 Å². The van der Waals surface area contributed by atoms with Crippen molar-refractivity contribution in [3.05, 3.63) is 36.5 Å². The van der Waals surface area contributed by atoms with E-state index < -0.39 is 6.10 Å². The quantitative estimate of drug-likeness (QED) is 0.0262. The molecule has 6 heteroatoms. The maximum Gasteiger partial charge on any atom is 0.306 e. The van der Waals surface area contributed by atoms with Crippen molar-refractivity contribution in [1.29, 1.82) is 0 Å². The lowest BCUT2D eigenvalue weighted by Crippen LogP contribution is -2.30. The highest BCUT2D eigenvalue weighted by Crippen LogP contribution is 2.16. The standard InChI is InChI=1S/C60H110O6/c1-4-7-10-13-16-18-20-22-23-24-25-26-27-28-29-30-31-32-33-34-35-36-37-38-40-41-44-47-50-53-59(62)65-56-57(55-64-58(61)52-49-46-43-15-12-9-6-3)66-60(63)54-51-48-45-42-39-21-19-17-14-11-8-5-2/h17,19-20,22,24-25,57H,4-16,18,21,23,26-56H2,1-3H3/b19-17-,22-20-,25-24-. The summed E-state index contributed by atoms with van der Waals surface area (Å²) in [5, 5.41) is 0. The second kappa shape index (κ2) is 55.2. The Morgan fingerprint density at radius 2 is 0.545 bits per heavy atom. The second-order valence-corrected chi connectivity index (χ2v) is 19.6. The Bertz CT molecular complexity index is 1110. The summed E-state index contributed by atoms with van der Waals surface area (Å²) in [6.45, 7) is 6.58. The van der Waals surface area contributed by atoms with Crippen LogP contribution in [0.5, 0.6) is 0 Å². The van der Waals surface area contributed by atoms with E-state index in [1.165, 1.54) is 199 Å². The minimum absolute atomic E-state index is 0.0719. The third-order valence-electron chi connectivity index (χ3n) is 12.9. The van der Waals surface area contributed by atoms with Crippen LogP contribution < -0.4 is 0 Å². The van der Waals surface area contributed by atoms with E-state index in [0.717, 1.165) is 70.6 Å². The fraction of sp³-hybridized carbons (Fsp3) is 0.850. The summed E-state index contributed by atoms with van der Waals surface area (Å²) >= 11 is 0. The van der Waals surface area contributed by atoms with Gasteiger partial charge in [-0.05, 0) is 77.0 Å². The molecule has 0 aliphatic heterocycles. The van der Waals surface area contributed by atoms with Gasteiger partial charge in [0.15, 0.2) is 6.10 Å². The van der Waals surface area contributed by atoms with Gasteiger partial charge in [0.25, 0.3) is 0 Å². The van der Waals surface area contributed by atoms with Crippen molar-refractivity contribution in [2.24, 2.45) is 0 Å². The fourth-order valence-corrected chi connectivity index (χ4v) is 8.47. The first-order chi connectivity index (χ1) is 32.5. The molecule has 0 aliphatic rings. The highest BCUT2D eigenvalue weighted by atomic mass is 16.6. The molecule has 0 aliphatic carbocycles. The van der Waals surface area contributed by atoms with Gasteiger partial charge in [-0.3, -0.25) is 14.4 Å². The van der Waals surface area contributed by atoms with Crippen molar-refractivity contribution in [1.82, 2.24) is 0 Å². The Labute approximate surface area is 410 Å². The summed E-state index contributed by atoms with van der Waals surface area (Å²) in [4.78, 5) is 37.8. The minimum atomic E-state index is -0.770. The number of esters is 3. The molecule has 1 unspecified atom stereocenters. The molecule has 0 N–H and O–H groups in total. The van der Waals surface area contributed by atoms with E-state index in [2.05, 4.69) is 57.2 Å². The molecule has 0 rings (SSSR count). The average molecular weight is 928 g/mol. The summed E-state index contributed by atoms with van der Waals surface area (Å²) in [6.07, 6.45) is 66.1. The number of rotatable bonds is 53. The van der Waals surface area contributed by atoms with Crippen molar-refractivity contribution in [2.45, 2.75) is 316 Å². The van der Waals surface area contributed by atoms with Crippen molar-refractivity contribution in [3.63, 3.8) is 0 Å². The van der Waals surface area contributed by atoms with Crippen LogP contribution in [-0.2, 0) is 28.6 Å². The molecule has 0 saturated carbocycles. The van der Waals surface area contributed by atoms with Crippen LogP contribution in [0, 0.1) is 0 Å². The van der Waals surface area contributed by atoms with E-state index in [1.54, 1.807) is 0 Å². The molecular formula is C60H110O6. The molecule has 386 valence electrons. The Balaban J connectivity index is 4.00. The molecule has 0 spiro atoms. The van der Waals surface area contributed by atoms with Gasteiger partial charge in [-0.25, -0.2) is 0 Å². The van der Waals surface area contributed by atoms with Gasteiger partial charge in [-0.2, -0.15) is 0 Å². The van der Waals surface area contributed by atoms with Crippen LogP contribution >= 0.6 is 0 Å². The molecular weight excluding hydrogens is 817 g/mol. The predicted molar refractivity (Wildman–Crippen MR) is 284 cm³/mol. The maximum atomic E-state index is 12.7. The van der Waals surface area contributed by atoms with Crippen LogP contribution in [-0.4, -0.2) is 37.2 Å². The van der Waals surface area contributed by atoms with E-state index in [4.69, 9.17) is 14.2 Å². The van der Waals surface area contributed by atoms with Crippen molar-refractivity contribution >= 4 is 17.9 Å². The normalized spacial score (nSPS) is 12.2. The average Bonchev–Trinajstić information content (AvgIpc) is 3.31. The Hall–Kier alpha value is -2.37. The van der Waals surface area contributed by atoms with Gasteiger partial charge in [0, 0.05) is 19.3 Å². The molecule has 6 nitrogen and oxygen atoms in total. The summed E-state index contributed by atoms with van der Waals surface area (Å²) < 4.78 is 16.7. The summed E-state index contributed by atoms with van der Waals surface area (Å²) in [5.41, 5.74) is 0. The zero-order valence-corrected chi connectivity index (χ0v) is 44.2. The molecule has 0 aromatic rings. The lowest BCUT2D eigenvalue weighted by Gasteiger charge is -2.18. The van der Waals surface area contributed by atoms with Gasteiger partial charge >= 0.3 is 17.9 Å². The number of carbonyl (C=O) groups is 3. The monoisotopic (exact) mass is 927 g/mol. The molecule has 0 saturated heterocycles. The summed E-state index contributed by atoms with van der Waals surface area (Å²) in [6, 6.07) is 0. The Kier molecular flexibility index (Phi) is 53.2. The van der Waals surface area contributed by atoms with E-state index in [9.17, 15) is 14.4 Å². The molecule has 66 heavy (non-hydrogen) atoms. The van der Waals surface area contributed by atoms with E-state index in [-0.39, 0.29) is 31.1 Å². The van der Waals surface area contributed by atoms with Gasteiger partial charge < -0.3 is 14.2 Å². The lowest BCUT2D eigenvalue weighted by atomic mass is 10.0. The van der Waals surface area contributed by atoms with E-state index in [1.807, 2.05) is 0 Å². The largest absolute Gasteiger partial charge is 0.462 e. The smallest absolute Gasteiger partial charge is 0.306 e. The molecule has 0 aromatic heterocycles. The van der Waals surface area contributed by atoms with E-state index in [0.29, 0.717) is 19.3 Å². The first-order valence-electron chi connectivity index (χ1n) is 29.0. The topological polar surface area (TPSA) is 78.9 Å². The summed E-state index contributed by atoms with van der Waals surface area (Å²) in [5.74, 6) is -0.875. The molecule has 0 bridgehead atoms. The van der Waals surface area contributed by atoms with Crippen LogP contribution in [0.1, 0.15) is 310 Å². The number of hydrogen-bond donors (Lipinski definition) is 0. The van der Waals surface area contributed by atoms with Crippen LogP contribution in [0.4, 0.5) is 0 Å². The summed E-state index contributed by atoms with van der Waals surface area (Å²) in [7, 11) is 0. The van der Waals surface area contributed by atoms with Crippen LogP contribution in [0.15, 0.2) is 36.5 Å². The third-order valence-corrected chi connectivity index (χ3v) is 12.9. The second-order valence-electron chi connectivity index (χ2n) is 19.6. The van der Waals surface area contributed by atoms with Gasteiger partial charge in [-0.15, -0.1) is 0 Å². The number of hydrogen-bond acceptors (Lipinski definition) is 6. The molecule has 0 heterocycles. The Morgan fingerprint density at radius 3 is 0.879 bits per heavy atom. The van der Waals surface area contributed by atoms with Crippen molar-refractivity contribution < 1.29 is 28.6 Å². The molecule has 1 atom stereocenters. The first-order valence-corrected chi connectivity index (χ1v) is 29.0. The first kappa shape index (κ1) is 63.6. The van der Waals surface area contributed by atoms with Gasteiger partial charge in [0.1, 0.15) is 13.2 Å².